The second-order valence-electron chi connectivity index (χ2n) is 9.04. The van der Waals surface area contributed by atoms with E-state index in [9.17, 15) is 13.2 Å². The van der Waals surface area contributed by atoms with Crippen LogP contribution in [0.4, 0.5) is 5.69 Å². The number of sulfonamides is 1. The second-order valence-corrected chi connectivity index (χ2v) is 10.8. The molecule has 0 aliphatic rings. The van der Waals surface area contributed by atoms with Crippen LogP contribution in [-0.2, 0) is 20.2 Å². The van der Waals surface area contributed by atoms with Crippen LogP contribution in [-0.4, -0.2) is 20.9 Å². The number of amides is 1. The summed E-state index contributed by atoms with van der Waals surface area (Å²) < 4.78 is 33.3. The van der Waals surface area contributed by atoms with E-state index in [0.717, 1.165) is 15.6 Å². The highest BCUT2D eigenvalue weighted by Crippen LogP contribution is 2.26. The SMILES string of the molecule is Cc1ccc(S(=O)(=O)N(C(=O)CCCOc2ccc(C(C)(C)C)cc2)c2ccccc2)cc1. The van der Waals surface area contributed by atoms with Gasteiger partial charge in [0.05, 0.1) is 17.2 Å². The zero-order valence-corrected chi connectivity index (χ0v) is 20.4. The number of ether oxygens (including phenoxy) is 1. The molecule has 0 aliphatic carbocycles. The largest absolute Gasteiger partial charge is 0.494 e. The molecular weight excluding hydrogens is 434 g/mol. The van der Waals surface area contributed by atoms with E-state index in [4.69, 9.17) is 4.74 Å². The molecule has 3 rings (SSSR count). The first-order chi connectivity index (χ1) is 15.6. The molecule has 0 spiro atoms. The Morgan fingerprint density at radius 3 is 2.06 bits per heavy atom. The maximum atomic E-state index is 13.3. The predicted octanol–water partition coefficient (Wildman–Crippen LogP) is 5.87. The Balaban J connectivity index is 1.69. The third kappa shape index (κ3) is 6.23. The van der Waals surface area contributed by atoms with Crippen molar-refractivity contribution in [2.45, 2.75) is 50.8 Å². The molecule has 3 aromatic rings. The molecule has 0 heterocycles. The summed E-state index contributed by atoms with van der Waals surface area (Å²) in [5.41, 5.74) is 2.54. The van der Waals surface area contributed by atoms with Gasteiger partial charge in [0, 0.05) is 6.42 Å². The quantitative estimate of drug-likeness (QED) is 0.390. The van der Waals surface area contributed by atoms with Crippen LogP contribution >= 0.6 is 0 Å². The zero-order valence-electron chi connectivity index (χ0n) is 19.6. The summed E-state index contributed by atoms with van der Waals surface area (Å²) in [4.78, 5) is 13.2. The highest BCUT2D eigenvalue weighted by molar-refractivity contribution is 7.93. The van der Waals surface area contributed by atoms with Gasteiger partial charge in [0.2, 0.25) is 5.91 Å². The summed E-state index contributed by atoms with van der Waals surface area (Å²) >= 11 is 0. The van der Waals surface area contributed by atoms with Gasteiger partial charge in [-0.15, -0.1) is 0 Å². The third-order valence-electron chi connectivity index (χ3n) is 5.30. The molecule has 0 unspecified atom stereocenters. The number of carbonyl (C=O) groups excluding carboxylic acids is 1. The Hall–Kier alpha value is -3.12. The Bertz CT molecular complexity index is 1160. The third-order valence-corrected chi connectivity index (χ3v) is 7.06. The van der Waals surface area contributed by atoms with Crippen molar-refractivity contribution in [3.05, 3.63) is 90.0 Å². The Morgan fingerprint density at radius 1 is 0.879 bits per heavy atom. The van der Waals surface area contributed by atoms with Crippen molar-refractivity contribution in [3.63, 3.8) is 0 Å². The van der Waals surface area contributed by atoms with Gasteiger partial charge in [-0.25, -0.2) is 12.7 Å². The summed E-state index contributed by atoms with van der Waals surface area (Å²) in [6, 6.07) is 22.8. The van der Waals surface area contributed by atoms with E-state index in [1.54, 1.807) is 42.5 Å². The molecule has 0 saturated carbocycles. The lowest BCUT2D eigenvalue weighted by atomic mass is 9.87. The normalized spacial score (nSPS) is 11.8. The van der Waals surface area contributed by atoms with Crippen LogP contribution < -0.4 is 9.04 Å². The molecule has 3 aromatic carbocycles. The molecule has 6 heteroatoms. The number of nitrogens with zero attached hydrogens (tertiary/aromatic N) is 1. The van der Waals surface area contributed by atoms with E-state index in [1.165, 1.54) is 17.7 Å². The Kier molecular flexibility index (Phi) is 7.59. The van der Waals surface area contributed by atoms with Gasteiger partial charge in [-0.1, -0.05) is 68.8 Å². The standard InChI is InChI=1S/C27H31NO4S/c1-21-12-18-25(19-13-21)33(30,31)28(23-9-6-5-7-10-23)26(29)11-8-20-32-24-16-14-22(15-17-24)27(2,3)4/h5-7,9-10,12-19H,8,11,20H2,1-4H3. The number of carbonyl (C=O) groups is 1. The van der Waals surface area contributed by atoms with Crippen LogP contribution in [0.5, 0.6) is 5.75 Å². The van der Waals surface area contributed by atoms with Gasteiger partial charge in [-0.3, -0.25) is 4.79 Å². The summed E-state index contributed by atoms with van der Waals surface area (Å²) in [5, 5.41) is 0. The fourth-order valence-corrected chi connectivity index (χ4v) is 4.81. The topological polar surface area (TPSA) is 63.7 Å². The first-order valence-corrected chi connectivity index (χ1v) is 12.5. The smallest absolute Gasteiger partial charge is 0.270 e. The summed E-state index contributed by atoms with van der Waals surface area (Å²) in [7, 11) is -4.04. The highest BCUT2D eigenvalue weighted by Gasteiger charge is 2.30. The van der Waals surface area contributed by atoms with Crippen molar-refractivity contribution in [2.24, 2.45) is 0 Å². The second kappa shape index (κ2) is 10.2. The van der Waals surface area contributed by atoms with Crippen molar-refractivity contribution >= 4 is 21.6 Å². The van der Waals surface area contributed by atoms with Crippen LogP contribution in [0.25, 0.3) is 0 Å². The molecule has 0 aliphatic heterocycles. The Morgan fingerprint density at radius 2 is 1.48 bits per heavy atom. The molecule has 0 saturated heterocycles. The monoisotopic (exact) mass is 465 g/mol. The van der Waals surface area contributed by atoms with Crippen LogP contribution in [0.3, 0.4) is 0 Å². The van der Waals surface area contributed by atoms with E-state index in [1.807, 2.05) is 31.2 Å². The molecule has 33 heavy (non-hydrogen) atoms. The molecule has 0 bridgehead atoms. The van der Waals surface area contributed by atoms with Crippen LogP contribution in [0.15, 0.2) is 83.8 Å². The average molecular weight is 466 g/mol. The van der Waals surface area contributed by atoms with Crippen molar-refractivity contribution in [3.8, 4) is 5.75 Å². The lowest BCUT2D eigenvalue weighted by molar-refractivity contribution is -0.117. The number of hydrogen-bond acceptors (Lipinski definition) is 4. The van der Waals surface area contributed by atoms with Crippen molar-refractivity contribution in [1.29, 1.82) is 0 Å². The first kappa shape index (κ1) is 24.5. The minimum atomic E-state index is -4.04. The van der Waals surface area contributed by atoms with Gasteiger partial charge in [0.1, 0.15) is 5.75 Å². The molecule has 1 amide bonds. The zero-order chi connectivity index (χ0) is 24.1. The average Bonchev–Trinajstić information content (AvgIpc) is 2.77. The maximum absolute atomic E-state index is 13.3. The van der Waals surface area contributed by atoms with Gasteiger partial charge in [0.25, 0.3) is 10.0 Å². The number of benzene rings is 3. The van der Waals surface area contributed by atoms with Crippen molar-refractivity contribution in [1.82, 2.24) is 0 Å². The number of rotatable bonds is 8. The molecule has 174 valence electrons. The fraction of sp³-hybridized carbons (Fsp3) is 0.296. The number of anilines is 1. The van der Waals surface area contributed by atoms with Gasteiger partial charge in [0.15, 0.2) is 0 Å². The maximum Gasteiger partial charge on any atom is 0.270 e. The van der Waals surface area contributed by atoms with Gasteiger partial charge < -0.3 is 4.74 Å². The number of para-hydroxylation sites is 1. The van der Waals surface area contributed by atoms with Crippen LogP contribution in [0.2, 0.25) is 0 Å². The summed E-state index contributed by atoms with van der Waals surface area (Å²) in [6.45, 7) is 8.65. The first-order valence-electron chi connectivity index (χ1n) is 11.0. The molecule has 0 N–H and O–H groups in total. The van der Waals surface area contributed by atoms with Gasteiger partial charge in [-0.05, 0) is 60.7 Å². The Labute approximate surface area is 197 Å². The molecular formula is C27H31NO4S. The molecule has 0 fully saturated rings. The van der Waals surface area contributed by atoms with Crippen LogP contribution in [0.1, 0.15) is 44.7 Å². The van der Waals surface area contributed by atoms with Gasteiger partial charge >= 0.3 is 0 Å². The molecule has 0 radical (unpaired) electrons. The van der Waals surface area contributed by atoms with E-state index in [2.05, 4.69) is 20.8 Å². The van der Waals surface area contributed by atoms with E-state index in [0.29, 0.717) is 18.7 Å². The molecule has 0 atom stereocenters. The lowest BCUT2D eigenvalue weighted by Gasteiger charge is -2.23. The predicted molar refractivity (Wildman–Crippen MR) is 132 cm³/mol. The van der Waals surface area contributed by atoms with Crippen LogP contribution in [0, 0.1) is 6.92 Å². The summed E-state index contributed by atoms with van der Waals surface area (Å²) in [5.74, 6) is 0.232. The summed E-state index contributed by atoms with van der Waals surface area (Å²) in [6.07, 6.45) is 0.437. The van der Waals surface area contributed by atoms with Gasteiger partial charge in [-0.2, -0.15) is 0 Å². The highest BCUT2D eigenvalue weighted by atomic mass is 32.2. The fourth-order valence-electron chi connectivity index (χ4n) is 3.36. The van der Waals surface area contributed by atoms with E-state index < -0.39 is 15.9 Å². The number of hydrogen-bond donors (Lipinski definition) is 0. The lowest BCUT2D eigenvalue weighted by Crippen LogP contribution is -2.37. The van der Waals surface area contributed by atoms with Crippen molar-refractivity contribution < 1.29 is 17.9 Å². The minimum absolute atomic E-state index is 0.0417. The molecule has 5 nitrogen and oxygen atoms in total. The van der Waals surface area contributed by atoms with E-state index >= 15 is 0 Å². The minimum Gasteiger partial charge on any atom is -0.494 e. The molecule has 0 aromatic heterocycles. The van der Waals surface area contributed by atoms with E-state index in [-0.39, 0.29) is 16.7 Å². The van der Waals surface area contributed by atoms with Crippen molar-refractivity contribution in [2.75, 3.05) is 10.9 Å². The number of aryl methyl sites for hydroxylation is 1.